The molecule has 2 aliphatic rings. The van der Waals surface area contributed by atoms with Crippen molar-refractivity contribution in [2.75, 3.05) is 24.5 Å². The zero-order valence-electron chi connectivity index (χ0n) is 15.7. The lowest BCUT2D eigenvalue weighted by Gasteiger charge is -2.44. The monoisotopic (exact) mass is 358 g/mol. The summed E-state index contributed by atoms with van der Waals surface area (Å²) >= 11 is 0. The molecular formula is C19H26N4O3. The van der Waals surface area contributed by atoms with Crippen LogP contribution >= 0.6 is 0 Å². The summed E-state index contributed by atoms with van der Waals surface area (Å²) in [4.78, 5) is 17.2. The summed E-state index contributed by atoms with van der Waals surface area (Å²) in [6.07, 6.45) is 4.83. The molecule has 0 bridgehead atoms. The van der Waals surface area contributed by atoms with E-state index in [0.29, 0.717) is 11.9 Å². The van der Waals surface area contributed by atoms with Gasteiger partial charge in [0.05, 0.1) is 5.56 Å². The number of hydrogen-bond acceptors (Lipinski definition) is 6. The van der Waals surface area contributed by atoms with Crippen molar-refractivity contribution in [1.82, 2.24) is 15.1 Å². The fourth-order valence-corrected chi connectivity index (χ4v) is 4.45. The van der Waals surface area contributed by atoms with Crippen molar-refractivity contribution in [1.29, 1.82) is 0 Å². The first-order valence-corrected chi connectivity index (χ1v) is 9.49. The summed E-state index contributed by atoms with van der Waals surface area (Å²) in [6, 6.07) is 2.49. The Labute approximate surface area is 153 Å². The molecule has 4 heterocycles. The van der Waals surface area contributed by atoms with Gasteiger partial charge in [0.25, 0.3) is 5.91 Å². The van der Waals surface area contributed by atoms with E-state index in [4.69, 9.17) is 8.83 Å². The molecule has 140 valence electrons. The molecule has 2 aromatic rings. The molecule has 0 saturated carbocycles. The Morgan fingerprint density at radius 3 is 2.58 bits per heavy atom. The van der Waals surface area contributed by atoms with E-state index < -0.39 is 0 Å². The minimum atomic E-state index is 0.0374. The second-order valence-corrected chi connectivity index (χ2v) is 7.42. The van der Waals surface area contributed by atoms with E-state index in [0.717, 1.165) is 68.8 Å². The fraction of sp³-hybridized carbons (Fsp3) is 0.632. The van der Waals surface area contributed by atoms with E-state index in [9.17, 15) is 4.79 Å². The molecule has 1 amide bonds. The Morgan fingerprint density at radius 1 is 1.15 bits per heavy atom. The SMILES string of the molecule is CCc1oc(C)cc1C(=O)N1CCC2(CCCN2c2nnc(C)o2)CC1. The first-order valence-electron chi connectivity index (χ1n) is 9.49. The normalized spacial score (nSPS) is 19.5. The molecule has 7 nitrogen and oxygen atoms in total. The lowest BCUT2D eigenvalue weighted by atomic mass is 9.85. The van der Waals surface area contributed by atoms with Crippen LogP contribution in [0.3, 0.4) is 0 Å². The predicted molar refractivity (Wildman–Crippen MR) is 96.3 cm³/mol. The van der Waals surface area contributed by atoms with Gasteiger partial charge in [-0.05, 0) is 38.7 Å². The van der Waals surface area contributed by atoms with E-state index in [1.165, 1.54) is 0 Å². The van der Waals surface area contributed by atoms with Gasteiger partial charge < -0.3 is 18.6 Å². The molecule has 2 aromatic heterocycles. The van der Waals surface area contributed by atoms with Crippen LogP contribution in [-0.2, 0) is 6.42 Å². The fourth-order valence-electron chi connectivity index (χ4n) is 4.45. The predicted octanol–water partition coefficient (Wildman–Crippen LogP) is 3.12. The molecule has 0 aliphatic carbocycles. The van der Waals surface area contributed by atoms with Crippen LogP contribution in [0.15, 0.2) is 14.9 Å². The first-order chi connectivity index (χ1) is 12.5. The quantitative estimate of drug-likeness (QED) is 0.839. The summed E-state index contributed by atoms with van der Waals surface area (Å²) in [5.74, 6) is 2.27. The Morgan fingerprint density at radius 2 is 1.92 bits per heavy atom. The highest BCUT2D eigenvalue weighted by Crippen LogP contribution is 2.41. The average Bonchev–Trinajstić information content (AvgIpc) is 3.33. The Balaban J connectivity index is 1.49. The topological polar surface area (TPSA) is 75.6 Å². The van der Waals surface area contributed by atoms with E-state index in [1.54, 1.807) is 0 Å². The van der Waals surface area contributed by atoms with Gasteiger partial charge in [-0.3, -0.25) is 4.79 Å². The Kier molecular flexibility index (Phi) is 4.25. The van der Waals surface area contributed by atoms with Gasteiger partial charge in [0.1, 0.15) is 11.5 Å². The molecular weight excluding hydrogens is 332 g/mol. The molecule has 0 atom stereocenters. The molecule has 0 aromatic carbocycles. The van der Waals surface area contributed by atoms with Crippen molar-refractivity contribution < 1.29 is 13.6 Å². The Bertz CT molecular complexity index is 802. The third-order valence-corrected chi connectivity index (χ3v) is 5.81. The zero-order chi connectivity index (χ0) is 18.3. The molecule has 4 rings (SSSR count). The number of furan rings is 1. The van der Waals surface area contributed by atoms with Gasteiger partial charge >= 0.3 is 6.01 Å². The number of aromatic nitrogens is 2. The maximum Gasteiger partial charge on any atom is 0.318 e. The number of carbonyl (C=O) groups excluding carboxylic acids is 1. The smallest absolute Gasteiger partial charge is 0.318 e. The second kappa shape index (κ2) is 6.45. The van der Waals surface area contributed by atoms with Gasteiger partial charge in [0.15, 0.2) is 0 Å². The number of rotatable bonds is 3. The summed E-state index contributed by atoms with van der Waals surface area (Å²) in [7, 11) is 0. The van der Waals surface area contributed by atoms with Crippen LogP contribution in [0.2, 0.25) is 0 Å². The molecule has 0 unspecified atom stereocenters. The van der Waals surface area contributed by atoms with Crippen molar-refractivity contribution in [3.05, 3.63) is 29.0 Å². The third kappa shape index (κ3) is 2.79. The molecule has 0 N–H and O–H groups in total. The van der Waals surface area contributed by atoms with Gasteiger partial charge in [-0.1, -0.05) is 12.0 Å². The second-order valence-electron chi connectivity index (χ2n) is 7.42. The Hall–Kier alpha value is -2.31. The van der Waals surface area contributed by atoms with Crippen molar-refractivity contribution in [3.8, 4) is 0 Å². The molecule has 26 heavy (non-hydrogen) atoms. The number of likely N-dealkylation sites (tertiary alicyclic amines) is 1. The summed E-state index contributed by atoms with van der Waals surface area (Å²) in [5, 5.41) is 8.20. The average molecular weight is 358 g/mol. The van der Waals surface area contributed by atoms with Crippen molar-refractivity contribution in [2.45, 2.75) is 58.4 Å². The highest BCUT2D eigenvalue weighted by atomic mass is 16.4. The van der Waals surface area contributed by atoms with Crippen LogP contribution in [0.5, 0.6) is 0 Å². The third-order valence-electron chi connectivity index (χ3n) is 5.81. The van der Waals surface area contributed by atoms with Crippen LogP contribution in [0.25, 0.3) is 0 Å². The minimum Gasteiger partial charge on any atom is -0.466 e. The van der Waals surface area contributed by atoms with Gasteiger partial charge in [-0.25, -0.2) is 0 Å². The lowest BCUT2D eigenvalue weighted by Crippen LogP contribution is -2.53. The minimum absolute atomic E-state index is 0.0374. The number of amides is 1. The van der Waals surface area contributed by atoms with Crippen LogP contribution in [0.1, 0.15) is 60.4 Å². The van der Waals surface area contributed by atoms with Crippen molar-refractivity contribution in [3.63, 3.8) is 0 Å². The summed E-state index contributed by atoms with van der Waals surface area (Å²) < 4.78 is 11.3. The lowest BCUT2D eigenvalue weighted by molar-refractivity contribution is 0.0668. The summed E-state index contributed by atoms with van der Waals surface area (Å²) in [5.41, 5.74) is 0.757. The standard InChI is InChI=1S/C19H26N4O3/c1-4-16-15(12-13(2)25-16)17(24)22-10-7-19(8-11-22)6-5-9-23(19)18-21-20-14(3)26-18/h12H,4-11H2,1-3H3. The maximum absolute atomic E-state index is 13.0. The zero-order valence-corrected chi connectivity index (χ0v) is 15.7. The number of aryl methyl sites for hydroxylation is 3. The number of carbonyl (C=O) groups is 1. The molecule has 1 spiro atoms. The van der Waals surface area contributed by atoms with Crippen molar-refractivity contribution in [2.24, 2.45) is 0 Å². The number of piperidine rings is 1. The van der Waals surface area contributed by atoms with E-state index in [1.807, 2.05) is 31.7 Å². The van der Waals surface area contributed by atoms with Gasteiger partial charge in [-0.2, -0.15) is 0 Å². The van der Waals surface area contributed by atoms with Crippen LogP contribution < -0.4 is 4.90 Å². The molecule has 2 aliphatic heterocycles. The maximum atomic E-state index is 13.0. The molecule has 2 fully saturated rings. The highest BCUT2D eigenvalue weighted by molar-refractivity contribution is 5.95. The van der Waals surface area contributed by atoms with Crippen LogP contribution in [0.4, 0.5) is 6.01 Å². The molecule has 2 saturated heterocycles. The number of anilines is 1. The highest BCUT2D eigenvalue weighted by Gasteiger charge is 2.46. The molecule has 0 radical (unpaired) electrons. The van der Waals surface area contributed by atoms with Crippen molar-refractivity contribution >= 4 is 11.9 Å². The summed E-state index contributed by atoms with van der Waals surface area (Å²) in [6.45, 7) is 8.16. The van der Waals surface area contributed by atoms with Crippen LogP contribution in [0, 0.1) is 13.8 Å². The number of hydrogen-bond donors (Lipinski definition) is 0. The van der Waals surface area contributed by atoms with Gasteiger partial charge in [0, 0.05) is 38.5 Å². The van der Waals surface area contributed by atoms with E-state index in [2.05, 4.69) is 15.1 Å². The first kappa shape index (κ1) is 17.1. The largest absolute Gasteiger partial charge is 0.466 e. The van der Waals surface area contributed by atoms with Crippen LogP contribution in [-0.4, -0.2) is 46.2 Å². The van der Waals surface area contributed by atoms with Gasteiger partial charge in [0.2, 0.25) is 5.89 Å². The van der Waals surface area contributed by atoms with E-state index in [-0.39, 0.29) is 11.4 Å². The number of nitrogens with zero attached hydrogens (tertiary/aromatic N) is 4. The van der Waals surface area contributed by atoms with E-state index >= 15 is 0 Å². The molecule has 7 heteroatoms. The van der Waals surface area contributed by atoms with Gasteiger partial charge in [-0.15, -0.1) is 5.10 Å².